The molecule has 0 aliphatic carbocycles. The molecule has 36 heavy (non-hydrogen) atoms. The Morgan fingerprint density at radius 1 is 0.500 bits per heavy atom. The van der Waals surface area contributed by atoms with Gasteiger partial charge in [0.2, 0.25) is 0 Å². The molecule has 0 bridgehead atoms. The van der Waals surface area contributed by atoms with Crippen LogP contribution >= 0.6 is 15.6 Å². The Morgan fingerprint density at radius 3 is 1.00 bits per heavy atom. The molecule has 0 atom stereocenters. The van der Waals surface area contributed by atoms with E-state index in [0.717, 1.165) is 32.1 Å². The van der Waals surface area contributed by atoms with Crippen molar-refractivity contribution in [1.82, 2.24) is 0 Å². The molecule has 12 heteroatoms. The minimum atomic E-state index is -4.74. The van der Waals surface area contributed by atoms with E-state index in [4.69, 9.17) is 9.79 Å². The van der Waals surface area contributed by atoms with Crippen LogP contribution in [0.1, 0.15) is 142 Å². The fourth-order valence-electron chi connectivity index (χ4n) is 3.54. The number of phosphoric acid groups is 2. The van der Waals surface area contributed by atoms with Gasteiger partial charge in [0.25, 0.3) is 0 Å². The maximum atomic E-state index is 10.4. The molecule has 2 N–H and O–H groups in total. The van der Waals surface area contributed by atoms with Crippen molar-refractivity contribution >= 4 is 15.6 Å². The van der Waals surface area contributed by atoms with Gasteiger partial charge in [-0.3, -0.25) is 4.52 Å². The Hall–Kier alpha value is 2.22. The van der Waals surface area contributed by atoms with Gasteiger partial charge in [0.1, 0.15) is 0 Å². The third kappa shape index (κ3) is 49.2. The summed E-state index contributed by atoms with van der Waals surface area (Å²) in [6.07, 6.45) is 23.7. The molecule has 0 saturated heterocycles. The van der Waals surface area contributed by atoms with Crippen LogP contribution in [0.4, 0.5) is 0 Å². The molecule has 0 amide bonds. The van der Waals surface area contributed by atoms with Crippen molar-refractivity contribution in [2.24, 2.45) is 0 Å². The van der Waals surface area contributed by atoms with Crippen LogP contribution < -0.4 is 68.9 Å². The van der Waals surface area contributed by atoms with Gasteiger partial charge >= 0.3 is 66.9 Å². The number of hydrogen-bond donors (Lipinski definition) is 2. The fraction of sp³-hybridized carbons (Fsp3) is 1.00. The summed E-state index contributed by atoms with van der Waals surface area (Å²) < 4.78 is 29.0. The molecule has 0 fully saturated rings. The summed E-state index contributed by atoms with van der Waals surface area (Å²) in [5, 5.41) is 0. The summed E-state index contributed by atoms with van der Waals surface area (Å²) in [5.74, 6) is 0. The molecule has 0 saturated carbocycles. The van der Waals surface area contributed by atoms with E-state index < -0.39 is 15.6 Å². The Morgan fingerprint density at radius 2 is 0.750 bits per heavy atom. The maximum Gasteiger partial charge on any atom is 1.00 e. The first-order valence-electron chi connectivity index (χ1n) is 13.5. The van der Waals surface area contributed by atoms with Crippen molar-refractivity contribution in [2.75, 3.05) is 13.2 Å². The van der Waals surface area contributed by atoms with E-state index in [9.17, 15) is 18.9 Å². The summed E-state index contributed by atoms with van der Waals surface area (Å²) in [6, 6.07) is 0. The van der Waals surface area contributed by atoms with Crippen molar-refractivity contribution in [3.05, 3.63) is 0 Å². The zero-order chi connectivity index (χ0) is 26.0. The largest absolute Gasteiger partial charge is 1.00 e. The first-order chi connectivity index (χ1) is 16.1. The molecule has 208 valence electrons. The molecule has 0 aromatic rings. The molecule has 0 aromatic heterocycles. The zero-order valence-corrected chi connectivity index (χ0v) is 29.6. The van der Waals surface area contributed by atoms with E-state index in [1.807, 2.05) is 0 Å². The van der Waals surface area contributed by atoms with Crippen molar-refractivity contribution in [3.8, 4) is 0 Å². The van der Waals surface area contributed by atoms with Crippen LogP contribution in [0.25, 0.3) is 0 Å². The van der Waals surface area contributed by atoms with Crippen LogP contribution in [-0.4, -0.2) is 23.0 Å². The van der Waals surface area contributed by atoms with E-state index in [0.29, 0.717) is 6.42 Å². The van der Waals surface area contributed by atoms with E-state index in [-0.39, 0.29) is 72.3 Å². The molecule has 0 heterocycles. The molecule has 0 rings (SSSR count). The summed E-state index contributed by atoms with van der Waals surface area (Å²) in [7, 11) is -8.99. The van der Waals surface area contributed by atoms with Gasteiger partial charge in [-0.25, -0.2) is 4.57 Å². The third-order valence-corrected chi connectivity index (χ3v) is 6.52. The van der Waals surface area contributed by atoms with Gasteiger partial charge in [-0.1, -0.05) is 129 Å². The number of rotatable bonds is 24. The second-order valence-electron chi connectivity index (χ2n) is 8.97. The van der Waals surface area contributed by atoms with Crippen molar-refractivity contribution in [1.29, 1.82) is 0 Å². The van der Waals surface area contributed by atoms with Crippen LogP contribution in [0.15, 0.2) is 0 Å². The van der Waals surface area contributed by atoms with Gasteiger partial charge in [0.15, 0.2) is 0 Å². The predicted octanol–water partition coefficient (Wildman–Crippen LogP) is 0.777. The molecule has 0 aliphatic rings. The number of unbranched alkanes of at least 4 members (excludes halogenated alkanes) is 18. The predicted molar refractivity (Wildman–Crippen MR) is 135 cm³/mol. The van der Waals surface area contributed by atoms with Crippen LogP contribution in [0.2, 0.25) is 0 Å². The molecule has 0 unspecified atom stereocenters. The Kier molecular flexibility index (Phi) is 42.0. The smallest absolute Gasteiger partial charge is 0.790 e. The molecular formula is C24H52Na2O8P2. The first kappa shape index (κ1) is 45.2. The number of hydrogen-bond acceptors (Lipinski definition) is 6. The SMILES string of the molecule is CCCCCCCCCCCCOP(=O)(O)O.CCCCCCCCCCCCOP(=O)([O-])[O-].[Na+].[Na+]. The van der Waals surface area contributed by atoms with Gasteiger partial charge in [-0.2, -0.15) is 0 Å². The van der Waals surface area contributed by atoms with E-state index in [1.54, 1.807) is 0 Å². The summed E-state index contributed by atoms with van der Waals surface area (Å²) >= 11 is 0. The second kappa shape index (κ2) is 33.4. The Bertz CT molecular complexity index is 461. The summed E-state index contributed by atoms with van der Waals surface area (Å²) in [6.45, 7) is 4.64. The first-order valence-corrected chi connectivity index (χ1v) is 16.5. The standard InChI is InChI=1S/2C12H27O4P.2Na/c2*1-2-3-4-5-6-7-8-9-10-11-12-16-17(13,14)15;;/h2*2-12H2,1H3,(H2,13,14,15);;/q;;2*+1/p-2. The summed E-state index contributed by atoms with van der Waals surface area (Å²) in [5.41, 5.74) is 0. The number of phosphoric ester groups is 2. The monoisotopic (exact) mass is 576 g/mol. The quantitative estimate of drug-likeness (QED) is 0.0977. The molecule has 8 nitrogen and oxygen atoms in total. The summed E-state index contributed by atoms with van der Waals surface area (Å²) in [4.78, 5) is 37.2. The van der Waals surface area contributed by atoms with Crippen LogP contribution in [0.3, 0.4) is 0 Å². The maximum absolute atomic E-state index is 10.4. The molecular weight excluding hydrogens is 524 g/mol. The van der Waals surface area contributed by atoms with Crippen molar-refractivity contribution in [2.45, 2.75) is 142 Å². The van der Waals surface area contributed by atoms with Crippen LogP contribution in [0.5, 0.6) is 0 Å². The molecule has 0 spiro atoms. The van der Waals surface area contributed by atoms with Crippen molar-refractivity contribution in [3.63, 3.8) is 0 Å². The third-order valence-electron chi connectivity index (χ3n) is 5.50. The Labute approximate surface area is 265 Å². The average Bonchev–Trinajstić information content (AvgIpc) is 2.75. The normalized spacial score (nSPS) is 11.3. The molecule has 0 aromatic carbocycles. The van der Waals surface area contributed by atoms with Gasteiger partial charge in [0, 0.05) is 0 Å². The van der Waals surface area contributed by atoms with Crippen LogP contribution in [-0.2, 0) is 18.2 Å². The minimum Gasteiger partial charge on any atom is -0.790 e. The molecule has 0 aliphatic heterocycles. The van der Waals surface area contributed by atoms with Gasteiger partial charge in [-0.15, -0.1) is 0 Å². The Balaban J connectivity index is -0.000000269. The van der Waals surface area contributed by atoms with Gasteiger partial charge in [-0.05, 0) is 12.8 Å². The minimum absolute atomic E-state index is 0. The van der Waals surface area contributed by atoms with Gasteiger partial charge < -0.3 is 28.7 Å². The van der Waals surface area contributed by atoms with Crippen LogP contribution in [0, 0.1) is 0 Å². The average molecular weight is 577 g/mol. The zero-order valence-electron chi connectivity index (χ0n) is 23.8. The molecule has 0 radical (unpaired) electrons. The van der Waals surface area contributed by atoms with Crippen molar-refractivity contribution < 1.29 is 96.9 Å². The fourth-order valence-corrected chi connectivity index (χ4v) is 4.26. The topological polar surface area (TPSA) is 139 Å². The van der Waals surface area contributed by atoms with Gasteiger partial charge in [0.05, 0.1) is 21.0 Å². The van der Waals surface area contributed by atoms with E-state index in [2.05, 4.69) is 22.9 Å². The second-order valence-corrected chi connectivity index (χ2v) is 11.4. The van der Waals surface area contributed by atoms with E-state index >= 15 is 0 Å². The van der Waals surface area contributed by atoms with E-state index in [1.165, 1.54) is 89.9 Å².